The summed E-state index contributed by atoms with van der Waals surface area (Å²) < 4.78 is 5.44. The van der Waals surface area contributed by atoms with Gasteiger partial charge in [-0.05, 0) is 84.2 Å². The average molecular weight is 622 g/mol. The number of carbonyl (C=O) groups excluding carboxylic acids is 2. The highest BCUT2D eigenvalue weighted by Gasteiger charge is 2.30. The van der Waals surface area contributed by atoms with Crippen LogP contribution in [-0.4, -0.2) is 109 Å². The number of anilines is 4. The van der Waals surface area contributed by atoms with Crippen molar-refractivity contribution in [3.8, 4) is 0 Å². The first-order valence-electron chi connectivity index (χ1n) is 16.4. The lowest BCUT2D eigenvalue weighted by Gasteiger charge is -2.43. The number of piperazine rings is 1. The monoisotopic (exact) mass is 621 g/mol. The van der Waals surface area contributed by atoms with E-state index in [1.54, 1.807) is 0 Å². The molecule has 0 spiro atoms. The second-order valence-electron chi connectivity index (χ2n) is 13.7. The Labute approximate surface area is 267 Å². The molecule has 0 saturated carbocycles. The fraction of sp³-hybridized carbons (Fsp3) is 0.636. The van der Waals surface area contributed by atoms with E-state index in [2.05, 4.69) is 61.3 Å². The molecular formula is C33H51N9O3. The number of likely N-dealkylation sites (N-methyl/N-ethyl adjacent to an activating group) is 1. The Balaban J connectivity index is 1.27. The van der Waals surface area contributed by atoms with Crippen LogP contribution in [0.5, 0.6) is 0 Å². The molecule has 4 N–H and O–H groups in total. The van der Waals surface area contributed by atoms with Gasteiger partial charge in [-0.2, -0.15) is 0 Å². The molecule has 2 amide bonds. The number of primary amides is 1. The van der Waals surface area contributed by atoms with Crippen LogP contribution in [0.3, 0.4) is 0 Å². The Morgan fingerprint density at radius 2 is 1.69 bits per heavy atom. The summed E-state index contributed by atoms with van der Waals surface area (Å²) in [5, 5.41) is 6.31. The second kappa shape index (κ2) is 13.8. The van der Waals surface area contributed by atoms with Gasteiger partial charge in [-0.15, -0.1) is 0 Å². The van der Waals surface area contributed by atoms with E-state index in [4.69, 9.17) is 15.5 Å². The van der Waals surface area contributed by atoms with Gasteiger partial charge in [0.15, 0.2) is 17.3 Å². The molecule has 3 fully saturated rings. The minimum atomic E-state index is -0.631. The first-order chi connectivity index (χ1) is 21.4. The Bertz CT molecular complexity index is 1360. The highest BCUT2D eigenvalue weighted by Crippen LogP contribution is 2.31. The third kappa shape index (κ3) is 8.15. The normalized spacial score (nSPS) is 20.4. The van der Waals surface area contributed by atoms with E-state index in [1.807, 2.05) is 33.8 Å². The predicted molar refractivity (Wildman–Crippen MR) is 179 cm³/mol. The highest BCUT2D eigenvalue weighted by molar-refractivity contribution is 5.96. The number of amides is 2. The number of nitrogens with zero attached hydrogens (tertiary/aromatic N) is 6. The molecule has 2 aromatic rings. The molecule has 3 aliphatic heterocycles. The van der Waals surface area contributed by atoms with E-state index >= 15 is 0 Å². The van der Waals surface area contributed by atoms with Gasteiger partial charge in [0.05, 0.1) is 11.7 Å². The Morgan fingerprint density at radius 3 is 2.31 bits per heavy atom. The molecular weight excluding hydrogens is 570 g/mol. The zero-order valence-corrected chi connectivity index (χ0v) is 27.9. The summed E-state index contributed by atoms with van der Waals surface area (Å²) in [6.07, 6.45) is 3.26. The first kappa shape index (κ1) is 32.7. The second-order valence-corrected chi connectivity index (χ2v) is 13.7. The smallest absolute Gasteiger partial charge is 0.407 e. The van der Waals surface area contributed by atoms with Gasteiger partial charge in [-0.3, -0.25) is 9.69 Å². The first-order valence-corrected chi connectivity index (χ1v) is 16.4. The quantitative estimate of drug-likeness (QED) is 0.402. The number of ether oxygens (including phenoxy) is 1. The topological polar surface area (TPSA) is 132 Å². The highest BCUT2D eigenvalue weighted by atomic mass is 16.6. The summed E-state index contributed by atoms with van der Waals surface area (Å²) in [6, 6.07) is 6.87. The number of hydrogen-bond donors (Lipinski definition) is 3. The number of benzene rings is 1. The number of rotatable bonds is 8. The standard InChI is InChI=1S/C33H51N9O3/c1-7-26-31(42-13-10-24(21-42)36-32(44)45-33(3,4)5)38-30(28(37-26)29(34)43)35-23-8-9-27(22(2)20-23)41-14-11-25(12-15-41)40-18-16-39(6)17-19-40/h8-9,20,24-25H,7,10-19,21H2,1-6H3,(H2,34,43)(H,35,38)(H,36,44)/t24-/m0/s1. The molecule has 0 aliphatic carbocycles. The summed E-state index contributed by atoms with van der Waals surface area (Å²) in [4.78, 5) is 44.1. The lowest BCUT2D eigenvalue weighted by molar-refractivity contribution is 0.0508. The molecule has 0 radical (unpaired) electrons. The third-order valence-electron chi connectivity index (χ3n) is 9.04. The van der Waals surface area contributed by atoms with E-state index in [1.165, 1.54) is 31.6 Å². The van der Waals surface area contributed by atoms with Gasteiger partial charge in [0.2, 0.25) is 0 Å². The molecule has 12 nitrogen and oxygen atoms in total. The van der Waals surface area contributed by atoms with E-state index in [9.17, 15) is 9.59 Å². The zero-order valence-electron chi connectivity index (χ0n) is 27.9. The number of piperidine rings is 1. The molecule has 4 heterocycles. The molecule has 1 atom stereocenters. The van der Waals surface area contributed by atoms with Crippen LogP contribution in [0, 0.1) is 6.92 Å². The Kier molecular flexibility index (Phi) is 10.0. The summed E-state index contributed by atoms with van der Waals surface area (Å²) in [5.74, 6) is 0.391. The minimum absolute atomic E-state index is 0.0830. The molecule has 0 bridgehead atoms. The number of alkyl carbamates (subject to hydrolysis) is 1. The van der Waals surface area contributed by atoms with Crippen molar-refractivity contribution in [2.24, 2.45) is 5.73 Å². The molecule has 3 saturated heterocycles. The van der Waals surface area contributed by atoms with Gasteiger partial charge in [0, 0.05) is 69.8 Å². The van der Waals surface area contributed by atoms with Crippen LogP contribution >= 0.6 is 0 Å². The number of aryl methyl sites for hydroxylation is 2. The van der Waals surface area contributed by atoms with E-state index < -0.39 is 17.6 Å². The van der Waals surface area contributed by atoms with Crippen molar-refractivity contribution < 1.29 is 14.3 Å². The van der Waals surface area contributed by atoms with Crippen LogP contribution in [0.25, 0.3) is 0 Å². The number of nitrogens with one attached hydrogen (secondary N) is 2. The van der Waals surface area contributed by atoms with Crippen LogP contribution in [0.1, 0.15) is 68.7 Å². The molecule has 246 valence electrons. The Morgan fingerprint density at radius 1 is 1.00 bits per heavy atom. The summed E-state index contributed by atoms with van der Waals surface area (Å²) >= 11 is 0. The molecule has 3 aliphatic rings. The van der Waals surface area contributed by atoms with Crippen molar-refractivity contribution >= 4 is 35.0 Å². The van der Waals surface area contributed by atoms with Crippen LogP contribution in [0.2, 0.25) is 0 Å². The van der Waals surface area contributed by atoms with Crippen molar-refractivity contribution in [2.75, 3.05) is 74.5 Å². The van der Waals surface area contributed by atoms with Crippen molar-refractivity contribution in [3.05, 3.63) is 35.2 Å². The Hall–Kier alpha value is -3.64. The van der Waals surface area contributed by atoms with Crippen molar-refractivity contribution in [1.82, 2.24) is 25.1 Å². The van der Waals surface area contributed by atoms with E-state index in [0.717, 1.165) is 43.9 Å². The fourth-order valence-electron chi connectivity index (χ4n) is 6.64. The van der Waals surface area contributed by atoms with Crippen molar-refractivity contribution in [2.45, 2.75) is 78.0 Å². The molecule has 1 aromatic carbocycles. The van der Waals surface area contributed by atoms with Crippen molar-refractivity contribution in [3.63, 3.8) is 0 Å². The van der Waals surface area contributed by atoms with Gasteiger partial charge in [0.25, 0.3) is 5.91 Å². The van der Waals surface area contributed by atoms with Gasteiger partial charge < -0.3 is 35.8 Å². The lowest BCUT2D eigenvalue weighted by Crippen LogP contribution is -2.52. The van der Waals surface area contributed by atoms with Crippen LogP contribution < -0.4 is 26.2 Å². The average Bonchev–Trinajstić information content (AvgIpc) is 3.44. The maximum Gasteiger partial charge on any atom is 0.407 e. The SMILES string of the molecule is CCc1nc(C(N)=O)c(Nc2ccc(N3CCC(N4CCN(C)CC4)CC3)c(C)c2)nc1N1CC[C@H](NC(=O)OC(C)(C)C)C1. The number of carbonyl (C=O) groups is 2. The zero-order chi connectivity index (χ0) is 32.3. The molecule has 1 aromatic heterocycles. The predicted octanol–water partition coefficient (Wildman–Crippen LogP) is 3.51. The summed E-state index contributed by atoms with van der Waals surface area (Å²) in [6.45, 7) is 17.6. The number of nitrogens with two attached hydrogens (primary N) is 1. The van der Waals surface area contributed by atoms with Gasteiger partial charge in [-0.1, -0.05) is 6.92 Å². The maximum atomic E-state index is 12.5. The minimum Gasteiger partial charge on any atom is -0.444 e. The molecule has 45 heavy (non-hydrogen) atoms. The number of aromatic nitrogens is 2. The maximum absolute atomic E-state index is 12.5. The summed E-state index contributed by atoms with van der Waals surface area (Å²) in [7, 11) is 2.21. The van der Waals surface area contributed by atoms with Gasteiger partial charge in [-0.25, -0.2) is 14.8 Å². The largest absolute Gasteiger partial charge is 0.444 e. The lowest BCUT2D eigenvalue weighted by atomic mass is 10.0. The van der Waals surface area contributed by atoms with E-state index in [0.29, 0.717) is 42.9 Å². The molecule has 12 heteroatoms. The van der Waals surface area contributed by atoms with Crippen molar-refractivity contribution in [1.29, 1.82) is 0 Å². The van der Waals surface area contributed by atoms with Gasteiger partial charge >= 0.3 is 6.09 Å². The summed E-state index contributed by atoms with van der Waals surface area (Å²) in [5.41, 5.74) is 9.24. The molecule has 0 unspecified atom stereocenters. The van der Waals surface area contributed by atoms with Crippen LogP contribution in [0.15, 0.2) is 18.2 Å². The molecule has 5 rings (SSSR count). The van der Waals surface area contributed by atoms with Crippen LogP contribution in [-0.2, 0) is 11.2 Å². The fourth-order valence-corrected chi connectivity index (χ4v) is 6.64. The van der Waals surface area contributed by atoms with Gasteiger partial charge in [0.1, 0.15) is 5.60 Å². The third-order valence-corrected chi connectivity index (χ3v) is 9.04. The number of hydrogen-bond acceptors (Lipinski definition) is 10. The van der Waals surface area contributed by atoms with E-state index in [-0.39, 0.29) is 11.7 Å². The van der Waals surface area contributed by atoms with Crippen LogP contribution in [0.4, 0.5) is 27.8 Å².